The lowest BCUT2D eigenvalue weighted by atomic mass is 10.0. The van der Waals surface area contributed by atoms with Gasteiger partial charge in [0.05, 0.1) is 11.8 Å². The Morgan fingerprint density at radius 3 is 2.36 bits per heavy atom. The zero-order valence-electron chi connectivity index (χ0n) is 17.4. The third-order valence-electron chi connectivity index (χ3n) is 5.13. The third kappa shape index (κ3) is 4.36. The molecule has 0 atom stereocenters. The van der Waals surface area contributed by atoms with Gasteiger partial charge in [0, 0.05) is 5.39 Å². The molecule has 6 heteroatoms. The molecule has 0 unspecified atom stereocenters. The van der Waals surface area contributed by atoms with Gasteiger partial charge in [0.1, 0.15) is 11.3 Å². The molecule has 4 aromatic carbocycles. The number of carbonyl (C=O) groups excluding carboxylic acids is 2. The molecule has 5 rings (SSSR count). The van der Waals surface area contributed by atoms with Crippen molar-refractivity contribution in [2.45, 2.75) is 0 Å². The van der Waals surface area contributed by atoms with Crippen molar-refractivity contribution < 1.29 is 18.7 Å². The first-order valence-corrected chi connectivity index (χ1v) is 10.3. The van der Waals surface area contributed by atoms with E-state index < -0.39 is 11.9 Å². The summed E-state index contributed by atoms with van der Waals surface area (Å²) in [7, 11) is 0. The number of rotatable bonds is 5. The number of hydrazone groups is 1. The maximum absolute atomic E-state index is 12.7. The molecule has 0 fully saturated rings. The van der Waals surface area contributed by atoms with Crippen molar-refractivity contribution in [3.63, 3.8) is 0 Å². The number of carbonyl (C=O) groups is 2. The van der Waals surface area contributed by atoms with Crippen LogP contribution in [0, 0.1) is 0 Å². The van der Waals surface area contributed by atoms with Crippen LogP contribution in [0.1, 0.15) is 26.5 Å². The molecule has 0 bridgehead atoms. The maximum Gasteiger partial charge on any atom is 0.344 e. The number of benzene rings is 4. The topological polar surface area (TPSA) is 80.9 Å². The molecule has 0 aliphatic carbocycles. The summed E-state index contributed by atoms with van der Waals surface area (Å²) in [6, 6.07) is 29.1. The standard InChI is InChI=1S/C27H18N2O4/c30-26(25-16-20-7-2-4-11-24(20)33-25)29-28-17-18-12-14-21(15-13-18)32-27(31)23-10-5-8-19-6-1-3-9-22(19)23/h1-17H,(H,29,30)/b28-17-. The predicted octanol–water partition coefficient (Wildman–Crippen LogP) is 5.57. The van der Waals surface area contributed by atoms with E-state index in [4.69, 9.17) is 9.15 Å². The maximum atomic E-state index is 12.7. The number of esters is 1. The molecule has 6 nitrogen and oxygen atoms in total. The highest BCUT2D eigenvalue weighted by Crippen LogP contribution is 2.21. The van der Waals surface area contributed by atoms with E-state index in [-0.39, 0.29) is 5.76 Å². The van der Waals surface area contributed by atoms with Crippen molar-refractivity contribution in [2.75, 3.05) is 0 Å². The minimum Gasteiger partial charge on any atom is -0.451 e. The highest BCUT2D eigenvalue weighted by atomic mass is 16.5. The first-order valence-electron chi connectivity index (χ1n) is 10.3. The zero-order chi connectivity index (χ0) is 22.6. The van der Waals surface area contributed by atoms with Crippen LogP contribution in [0.2, 0.25) is 0 Å². The fourth-order valence-corrected chi connectivity index (χ4v) is 3.50. The van der Waals surface area contributed by atoms with Gasteiger partial charge in [-0.1, -0.05) is 54.6 Å². The van der Waals surface area contributed by atoms with Crippen LogP contribution < -0.4 is 10.2 Å². The van der Waals surface area contributed by atoms with Gasteiger partial charge >= 0.3 is 11.9 Å². The number of nitrogens with one attached hydrogen (secondary N) is 1. The molecule has 33 heavy (non-hydrogen) atoms. The van der Waals surface area contributed by atoms with E-state index in [0.717, 1.165) is 21.7 Å². The smallest absolute Gasteiger partial charge is 0.344 e. The molecule has 1 aromatic heterocycles. The Morgan fingerprint density at radius 1 is 0.818 bits per heavy atom. The average Bonchev–Trinajstić information content (AvgIpc) is 3.29. The van der Waals surface area contributed by atoms with Crippen molar-refractivity contribution in [2.24, 2.45) is 5.10 Å². The Balaban J connectivity index is 1.22. The largest absolute Gasteiger partial charge is 0.451 e. The van der Waals surface area contributed by atoms with E-state index in [9.17, 15) is 9.59 Å². The second-order valence-electron chi connectivity index (χ2n) is 7.33. The van der Waals surface area contributed by atoms with Gasteiger partial charge in [-0.25, -0.2) is 10.2 Å². The summed E-state index contributed by atoms with van der Waals surface area (Å²) in [6.45, 7) is 0. The Bertz CT molecular complexity index is 1460. The van der Waals surface area contributed by atoms with E-state index in [1.165, 1.54) is 6.21 Å². The normalized spacial score (nSPS) is 11.2. The Morgan fingerprint density at radius 2 is 1.55 bits per heavy atom. The average molecular weight is 434 g/mol. The molecule has 0 aliphatic rings. The van der Waals surface area contributed by atoms with Gasteiger partial charge in [-0.15, -0.1) is 0 Å². The molecule has 1 N–H and O–H groups in total. The molecule has 1 amide bonds. The summed E-state index contributed by atoms with van der Waals surface area (Å²) in [6.07, 6.45) is 1.50. The Labute approximate surface area is 189 Å². The number of fused-ring (bicyclic) bond motifs is 2. The summed E-state index contributed by atoms with van der Waals surface area (Å²) >= 11 is 0. The molecule has 0 saturated heterocycles. The Hall–Kier alpha value is -4.71. The van der Waals surface area contributed by atoms with Crippen molar-refractivity contribution in [3.05, 3.63) is 114 Å². The minimum absolute atomic E-state index is 0.184. The second-order valence-corrected chi connectivity index (χ2v) is 7.33. The number of ether oxygens (including phenoxy) is 1. The van der Waals surface area contributed by atoms with Crippen LogP contribution in [0.15, 0.2) is 107 Å². The quantitative estimate of drug-likeness (QED) is 0.170. The van der Waals surface area contributed by atoms with E-state index in [2.05, 4.69) is 10.5 Å². The monoisotopic (exact) mass is 434 g/mol. The number of amides is 1. The van der Waals surface area contributed by atoms with E-state index in [1.807, 2.05) is 54.6 Å². The summed E-state index contributed by atoms with van der Waals surface area (Å²) in [5.74, 6) is -0.269. The van der Waals surface area contributed by atoms with Gasteiger partial charge in [-0.2, -0.15) is 5.10 Å². The molecule has 5 aromatic rings. The summed E-state index contributed by atoms with van der Waals surface area (Å²) in [4.78, 5) is 24.9. The number of para-hydroxylation sites is 1. The van der Waals surface area contributed by atoms with E-state index in [0.29, 0.717) is 16.9 Å². The van der Waals surface area contributed by atoms with Crippen molar-refractivity contribution in [3.8, 4) is 5.75 Å². The lowest BCUT2D eigenvalue weighted by Crippen LogP contribution is -2.16. The van der Waals surface area contributed by atoms with Crippen LogP contribution in [-0.4, -0.2) is 18.1 Å². The van der Waals surface area contributed by atoms with Crippen LogP contribution in [0.25, 0.3) is 21.7 Å². The van der Waals surface area contributed by atoms with Crippen LogP contribution in [0.5, 0.6) is 5.75 Å². The van der Waals surface area contributed by atoms with Crippen molar-refractivity contribution >= 4 is 39.8 Å². The SMILES string of the molecule is O=C(N/N=C\c1ccc(OC(=O)c2cccc3ccccc23)cc1)c1cc2ccccc2o1. The summed E-state index contributed by atoms with van der Waals surface area (Å²) in [5, 5.41) is 6.63. The predicted molar refractivity (Wildman–Crippen MR) is 127 cm³/mol. The second kappa shape index (κ2) is 8.80. The van der Waals surface area contributed by atoms with Gasteiger partial charge in [0.25, 0.3) is 0 Å². The molecular formula is C27H18N2O4. The van der Waals surface area contributed by atoms with Crippen LogP contribution in [0.4, 0.5) is 0 Å². The number of hydrogen-bond donors (Lipinski definition) is 1. The van der Waals surface area contributed by atoms with Crippen LogP contribution in [0.3, 0.4) is 0 Å². The minimum atomic E-state index is -0.442. The molecule has 0 radical (unpaired) electrons. The number of hydrogen-bond acceptors (Lipinski definition) is 5. The lowest BCUT2D eigenvalue weighted by molar-refractivity contribution is 0.0736. The number of nitrogens with zero attached hydrogens (tertiary/aromatic N) is 1. The first-order chi connectivity index (χ1) is 16.2. The summed E-state index contributed by atoms with van der Waals surface area (Å²) < 4.78 is 11.0. The fourth-order valence-electron chi connectivity index (χ4n) is 3.50. The van der Waals surface area contributed by atoms with Crippen LogP contribution in [-0.2, 0) is 0 Å². The highest BCUT2D eigenvalue weighted by molar-refractivity contribution is 6.05. The molecule has 0 aliphatic heterocycles. The summed E-state index contributed by atoms with van der Waals surface area (Å²) in [5.41, 5.74) is 4.32. The first kappa shape index (κ1) is 20.2. The van der Waals surface area contributed by atoms with E-state index in [1.54, 1.807) is 42.5 Å². The molecule has 1 heterocycles. The molecule has 160 valence electrons. The Kier molecular flexibility index (Phi) is 5.39. The third-order valence-corrected chi connectivity index (χ3v) is 5.13. The molecule has 0 spiro atoms. The van der Waals surface area contributed by atoms with Crippen molar-refractivity contribution in [1.29, 1.82) is 0 Å². The van der Waals surface area contributed by atoms with Gasteiger partial charge < -0.3 is 9.15 Å². The molecule has 0 saturated carbocycles. The van der Waals surface area contributed by atoms with Crippen LogP contribution >= 0.6 is 0 Å². The fraction of sp³-hybridized carbons (Fsp3) is 0. The zero-order valence-corrected chi connectivity index (χ0v) is 17.4. The van der Waals surface area contributed by atoms with E-state index >= 15 is 0 Å². The van der Waals surface area contributed by atoms with Gasteiger partial charge in [0.2, 0.25) is 0 Å². The van der Waals surface area contributed by atoms with Gasteiger partial charge in [0.15, 0.2) is 5.76 Å². The lowest BCUT2D eigenvalue weighted by Gasteiger charge is -2.07. The van der Waals surface area contributed by atoms with Crippen molar-refractivity contribution in [1.82, 2.24) is 5.43 Å². The number of furan rings is 1. The highest BCUT2D eigenvalue weighted by Gasteiger charge is 2.13. The molecular weight excluding hydrogens is 416 g/mol. The van der Waals surface area contributed by atoms with Gasteiger partial charge in [-0.3, -0.25) is 4.79 Å². The van der Waals surface area contributed by atoms with Gasteiger partial charge in [-0.05, 0) is 58.8 Å².